The molecule has 0 unspecified atom stereocenters. The molecule has 0 atom stereocenters. The summed E-state index contributed by atoms with van der Waals surface area (Å²) in [7, 11) is 0. The molecule has 1 amide bonds. The van der Waals surface area contributed by atoms with Crippen molar-refractivity contribution in [3.8, 4) is 5.75 Å². The highest BCUT2D eigenvalue weighted by Gasteiger charge is 2.31. The van der Waals surface area contributed by atoms with Crippen LogP contribution in [-0.2, 0) is 4.79 Å². The van der Waals surface area contributed by atoms with E-state index in [9.17, 15) is 18.0 Å². The molecule has 1 saturated heterocycles. The maximum atomic E-state index is 12.3. The zero-order chi connectivity index (χ0) is 16.0. The lowest BCUT2D eigenvalue weighted by molar-refractivity contribution is -0.274. The van der Waals surface area contributed by atoms with Gasteiger partial charge in [0.05, 0.1) is 0 Å². The van der Waals surface area contributed by atoms with Gasteiger partial charge < -0.3 is 15.0 Å². The number of hydrogen-bond acceptors (Lipinski definition) is 3. The van der Waals surface area contributed by atoms with Gasteiger partial charge in [-0.3, -0.25) is 4.79 Å². The number of rotatable bonds is 3. The summed E-state index contributed by atoms with van der Waals surface area (Å²) in [5, 5.41) is 3.18. The largest absolute Gasteiger partial charge is 0.573 e. The van der Waals surface area contributed by atoms with Crippen molar-refractivity contribution in [2.24, 2.45) is 0 Å². The summed E-state index contributed by atoms with van der Waals surface area (Å²) >= 11 is 0. The Hall–Kier alpha value is -2.02. The van der Waals surface area contributed by atoms with Crippen LogP contribution in [0.5, 0.6) is 5.75 Å². The molecule has 22 heavy (non-hydrogen) atoms. The molecule has 7 heteroatoms. The van der Waals surface area contributed by atoms with Crippen LogP contribution < -0.4 is 10.1 Å². The van der Waals surface area contributed by atoms with E-state index in [2.05, 4.69) is 10.1 Å². The highest BCUT2D eigenvalue weighted by molar-refractivity contribution is 5.92. The molecule has 0 spiro atoms. The van der Waals surface area contributed by atoms with Gasteiger partial charge in [0.15, 0.2) is 0 Å². The zero-order valence-corrected chi connectivity index (χ0v) is 11.9. The van der Waals surface area contributed by atoms with Gasteiger partial charge in [-0.2, -0.15) is 0 Å². The van der Waals surface area contributed by atoms with Crippen molar-refractivity contribution in [3.05, 3.63) is 35.9 Å². The van der Waals surface area contributed by atoms with Crippen molar-refractivity contribution in [2.45, 2.75) is 12.8 Å². The topological polar surface area (TPSA) is 41.6 Å². The molecule has 1 aromatic carbocycles. The highest BCUT2D eigenvalue weighted by atomic mass is 19.4. The molecule has 0 bridgehead atoms. The lowest BCUT2D eigenvalue weighted by Gasteiger charge is -2.17. The van der Waals surface area contributed by atoms with Gasteiger partial charge in [0.1, 0.15) is 5.75 Å². The van der Waals surface area contributed by atoms with E-state index in [4.69, 9.17) is 0 Å². The third-order valence-corrected chi connectivity index (χ3v) is 3.20. The number of hydrogen-bond donors (Lipinski definition) is 1. The van der Waals surface area contributed by atoms with E-state index in [1.54, 1.807) is 11.0 Å². The van der Waals surface area contributed by atoms with E-state index < -0.39 is 6.36 Å². The van der Waals surface area contributed by atoms with Crippen LogP contribution in [0.3, 0.4) is 0 Å². The van der Waals surface area contributed by atoms with Gasteiger partial charge in [-0.1, -0.05) is 18.2 Å². The zero-order valence-electron chi connectivity index (χ0n) is 11.9. The maximum Gasteiger partial charge on any atom is 0.573 e. The summed E-state index contributed by atoms with van der Waals surface area (Å²) in [5.74, 6) is -0.540. The van der Waals surface area contributed by atoms with Crippen molar-refractivity contribution in [3.63, 3.8) is 0 Å². The second-order valence-electron chi connectivity index (χ2n) is 4.85. The third-order valence-electron chi connectivity index (χ3n) is 3.20. The first-order chi connectivity index (χ1) is 10.5. The fourth-order valence-corrected chi connectivity index (χ4v) is 2.17. The Bertz CT molecular complexity index is 536. The molecule has 1 aliphatic heterocycles. The number of amides is 1. The van der Waals surface area contributed by atoms with Crippen LogP contribution in [0.1, 0.15) is 12.0 Å². The molecule has 0 aliphatic carbocycles. The molecule has 1 fully saturated rings. The van der Waals surface area contributed by atoms with Gasteiger partial charge in [-0.25, -0.2) is 0 Å². The molecular weight excluding hydrogens is 297 g/mol. The molecule has 2 rings (SSSR count). The molecule has 120 valence electrons. The van der Waals surface area contributed by atoms with Gasteiger partial charge in [0, 0.05) is 31.3 Å². The lowest BCUT2D eigenvalue weighted by Crippen LogP contribution is -2.32. The second kappa shape index (κ2) is 7.31. The van der Waals surface area contributed by atoms with Gasteiger partial charge >= 0.3 is 6.36 Å². The first-order valence-electron chi connectivity index (χ1n) is 6.98. The molecule has 4 nitrogen and oxygen atoms in total. The summed E-state index contributed by atoms with van der Waals surface area (Å²) in [6.07, 6.45) is -1.27. The van der Waals surface area contributed by atoms with E-state index in [0.29, 0.717) is 19.6 Å². The monoisotopic (exact) mass is 314 g/mol. The number of nitrogens with one attached hydrogen (secondary N) is 1. The molecule has 1 aromatic rings. The van der Waals surface area contributed by atoms with Crippen LogP contribution in [0.2, 0.25) is 0 Å². The number of carbonyl (C=O) groups excluding carboxylic acids is 1. The Morgan fingerprint density at radius 1 is 1.23 bits per heavy atom. The van der Waals surface area contributed by atoms with E-state index in [0.717, 1.165) is 13.0 Å². The summed E-state index contributed by atoms with van der Waals surface area (Å²) in [6, 6.07) is 5.71. The molecule has 0 saturated carbocycles. The van der Waals surface area contributed by atoms with Crippen LogP contribution in [0.4, 0.5) is 13.2 Å². The van der Waals surface area contributed by atoms with Crippen LogP contribution >= 0.6 is 0 Å². The quantitative estimate of drug-likeness (QED) is 0.871. The first kappa shape index (κ1) is 16.4. The molecule has 1 heterocycles. The second-order valence-corrected chi connectivity index (χ2v) is 4.85. The SMILES string of the molecule is O=C(C=Cc1ccccc1OC(F)(F)F)N1CCCNCC1. The smallest absolute Gasteiger partial charge is 0.405 e. The number of ether oxygens (including phenoxy) is 1. The lowest BCUT2D eigenvalue weighted by atomic mass is 10.2. The Morgan fingerprint density at radius 2 is 2.00 bits per heavy atom. The average molecular weight is 314 g/mol. The average Bonchev–Trinajstić information content (AvgIpc) is 2.73. The Balaban J connectivity index is 2.07. The van der Waals surface area contributed by atoms with E-state index in [1.165, 1.54) is 30.4 Å². The summed E-state index contributed by atoms with van der Waals surface area (Å²) in [5.41, 5.74) is 0.209. The number of para-hydroxylation sites is 1. The minimum Gasteiger partial charge on any atom is -0.405 e. The maximum absolute atomic E-state index is 12.3. The fraction of sp³-hybridized carbons (Fsp3) is 0.400. The van der Waals surface area contributed by atoms with Crippen LogP contribution in [-0.4, -0.2) is 43.3 Å². The molecule has 1 N–H and O–H groups in total. The van der Waals surface area contributed by atoms with Gasteiger partial charge in [0.25, 0.3) is 0 Å². The van der Waals surface area contributed by atoms with Crippen LogP contribution in [0, 0.1) is 0 Å². The van der Waals surface area contributed by atoms with Gasteiger partial charge in [0.2, 0.25) is 5.91 Å². The molecular formula is C15H17F3N2O2. The highest BCUT2D eigenvalue weighted by Crippen LogP contribution is 2.27. The van der Waals surface area contributed by atoms with Crippen LogP contribution in [0.15, 0.2) is 30.3 Å². The van der Waals surface area contributed by atoms with Crippen molar-refractivity contribution >= 4 is 12.0 Å². The normalized spacial score (nSPS) is 16.6. The predicted octanol–water partition coefficient (Wildman–Crippen LogP) is 2.42. The molecule has 1 aliphatic rings. The number of benzene rings is 1. The Labute approximate surface area is 126 Å². The van der Waals surface area contributed by atoms with E-state index in [1.807, 2.05) is 0 Å². The summed E-state index contributed by atoms with van der Waals surface area (Å²) in [4.78, 5) is 13.7. The number of nitrogens with zero attached hydrogens (tertiary/aromatic N) is 1. The summed E-state index contributed by atoms with van der Waals surface area (Å²) < 4.78 is 40.9. The minimum absolute atomic E-state index is 0.209. The standard InChI is InChI=1S/C15H17F3N2O2/c16-15(17,18)22-13-5-2-1-4-12(13)6-7-14(21)20-10-3-8-19-9-11-20/h1-2,4-7,19H,3,8-11H2. The number of carbonyl (C=O) groups is 1. The predicted molar refractivity (Wildman–Crippen MR) is 76.2 cm³/mol. The van der Waals surface area contributed by atoms with Gasteiger partial charge in [-0.05, 0) is 25.1 Å². The Kier molecular flexibility index (Phi) is 5.43. The molecule has 0 radical (unpaired) electrons. The van der Waals surface area contributed by atoms with Crippen LogP contribution in [0.25, 0.3) is 6.08 Å². The van der Waals surface area contributed by atoms with Crippen molar-refractivity contribution in [1.82, 2.24) is 10.2 Å². The third kappa shape index (κ3) is 5.07. The number of halogens is 3. The first-order valence-corrected chi connectivity index (χ1v) is 6.98. The van der Waals surface area contributed by atoms with Gasteiger partial charge in [-0.15, -0.1) is 13.2 Å². The number of alkyl halides is 3. The van der Waals surface area contributed by atoms with Crippen molar-refractivity contribution < 1.29 is 22.7 Å². The summed E-state index contributed by atoms with van der Waals surface area (Å²) in [6.45, 7) is 2.80. The Morgan fingerprint density at radius 3 is 2.77 bits per heavy atom. The molecule has 0 aromatic heterocycles. The van der Waals surface area contributed by atoms with Crippen molar-refractivity contribution in [2.75, 3.05) is 26.2 Å². The van der Waals surface area contributed by atoms with E-state index in [-0.39, 0.29) is 17.2 Å². The van der Waals surface area contributed by atoms with Crippen molar-refractivity contribution in [1.29, 1.82) is 0 Å². The fourth-order valence-electron chi connectivity index (χ4n) is 2.17. The van der Waals surface area contributed by atoms with E-state index >= 15 is 0 Å². The minimum atomic E-state index is -4.76.